The van der Waals surface area contributed by atoms with Gasteiger partial charge in [0, 0.05) is 18.1 Å². The Bertz CT molecular complexity index is 236. The quantitative estimate of drug-likeness (QED) is 0.521. The van der Waals surface area contributed by atoms with Gasteiger partial charge in [-0.2, -0.15) is 0 Å². The van der Waals surface area contributed by atoms with Gasteiger partial charge in [-0.1, -0.05) is 18.2 Å². The highest BCUT2D eigenvalue weighted by Gasteiger charge is 2.03. The molecule has 0 saturated carbocycles. The maximum Gasteiger partial charge on any atom is 0.138 e. The van der Waals surface area contributed by atoms with Gasteiger partial charge in [-0.3, -0.25) is 0 Å². The molecule has 1 aliphatic heterocycles. The normalized spacial score (nSPS) is 14.0. The van der Waals surface area contributed by atoms with E-state index in [1.54, 1.807) is 6.26 Å². The van der Waals surface area contributed by atoms with Crippen LogP contribution < -0.4 is 4.74 Å². The lowest BCUT2D eigenvalue weighted by molar-refractivity contribution is 0.471. The number of hydrogen-bond acceptors (Lipinski definition) is 1. The minimum atomic E-state index is 0.810. The molecule has 0 saturated heterocycles. The molecule has 0 aliphatic carbocycles. The molecule has 0 N–H and O–H groups in total. The first kappa shape index (κ1) is 5.54. The molecule has 48 valence electrons. The predicted octanol–water partition coefficient (Wildman–Crippen LogP) is 1.95. The summed E-state index contributed by atoms with van der Waals surface area (Å²) in [5.74, 6) is 0.810. The third kappa shape index (κ3) is 0.798. The second kappa shape index (κ2) is 2.18. The molecule has 1 aliphatic rings. The number of hydrogen-bond donors (Lipinski definition) is 0. The van der Waals surface area contributed by atoms with Gasteiger partial charge >= 0.3 is 0 Å². The highest BCUT2D eigenvalue weighted by atomic mass is 16.5. The zero-order valence-electron chi connectivity index (χ0n) is 5.37. The van der Waals surface area contributed by atoms with Crippen LogP contribution in [0.2, 0.25) is 0 Å². The second-order valence-electron chi connectivity index (χ2n) is 2.07. The van der Waals surface area contributed by atoms with Gasteiger partial charge in [0.25, 0.3) is 0 Å². The van der Waals surface area contributed by atoms with Gasteiger partial charge in [0.2, 0.25) is 0 Å². The molecular formula is C9H6O. The van der Waals surface area contributed by atoms with Crippen LogP contribution in [0, 0.1) is 12.5 Å². The number of allylic oxidation sites excluding steroid dienone is 1. The Morgan fingerprint density at radius 3 is 3.30 bits per heavy atom. The molecule has 0 spiro atoms. The molecule has 1 aromatic carbocycles. The van der Waals surface area contributed by atoms with Crippen LogP contribution in [-0.4, -0.2) is 0 Å². The SMILES string of the molecule is [c]1cccc2c1OC=C[CH]2. The molecule has 0 fully saturated rings. The molecule has 1 nitrogen and oxygen atoms in total. The average Bonchev–Trinajstić information content (AvgIpc) is 2.05. The Morgan fingerprint density at radius 1 is 1.40 bits per heavy atom. The van der Waals surface area contributed by atoms with Crippen molar-refractivity contribution in [3.63, 3.8) is 0 Å². The summed E-state index contributed by atoms with van der Waals surface area (Å²) in [6, 6.07) is 8.76. The van der Waals surface area contributed by atoms with Crippen LogP contribution in [-0.2, 0) is 0 Å². The van der Waals surface area contributed by atoms with Crippen molar-refractivity contribution >= 4 is 0 Å². The Labute approximate surface area is 59.9 Å². The van der Waals surface area contributed by atoms with Gasteiger partial charge in [-0.15, -0.1) is 0 Å². The first-order valence-corrected chi connectivity index (χ1v) is 3.14. The van der Waals surface area contributed by atoms with Crippen LogP contribution in [0.5, 0.6) is 5.75 Å². The molecule has 0 amide bonds. The summed E-state index contributed by atoms with van der Waals surface area (Å²) >= 11 is 0. The lowest BCUT2D eigenvalue weighted by Crippen LogP contribution is -1.93. The van der Waals surface area contributed by atoms with Crippen LogP contribution in [0.1, 0.15) is 5.56 Å². The Balaban J connectivity index is 2.47. The van der Waals surface area contributed by atoms with Gasteiger partial charge in [0.15, 0.2) is 0 Å². The van der Waals surface area contributed by atoms with E-state index in [2.05, 4.69) is 6.07 Å². The molecule has 0 unspecified atom stereocenters. The third-order valence-corrected chi connectivity index (χ3v) is 1.39. The molecule has 2 rings (SSSR count). The van der Waals surface area contributed by atoms with E-state index in [1.165, 1.54) is 0 Å². The number of para-hydroxylation sites is 1. The predicted molar refractivity (Wildman–Crippen MR) is 38.4 cm³/mol. The maximum absolute atomic E-state index is 5.16. The van der Waals surface area contributed by atoms with E-state index < -0.39 is 0 Å². The standard InChI is InChI=1S/C9H6O/c1-2-6-9-8(4-1)5-3-7-10-9/h1-5,7H. The van der Waals surface area contributed by atoms with E-state index in [9.17, 15) is 0 Å². The molecule has 1 heterocycles. The number of benzene rings is 1. The lowest BCUT2D eigenvalue weighted by atomic mass is 10.1. The van der Waals surface area contributed by atoms with E-state index in [-0.39, 0.29) is 0 Å². The first-order valence-electron chi connectivity index (χ1n) is 3.14. The zero-order chi connectivity index (χ0) is 6.81. The number of ether oxygens (including phenoxy) is 1. The lowest BCUT2D eigenvalue weighted by Gasteiger charge is -2.08. The largest absolute Gasteiger partial charge is 0.464 e. The fourth-order valence-electron chi connectivity index (χ4n) is 0.918. The summed E-state index contributed by atoms with van der Waals surface area (Å²) in [4.78, 5) is 0. The van der Waals surface area contributed by atoms with E-state index in [0.29, 0.717) is 0 Å². The molecule has 1 aromatic rings. The molecule has 0 atom stereocenters. The summed E-state index contributed by atoms with van der Waals surface area (Å²) in [6.45, 7) is 0. The zero-order valence-corrected chi connectivity index (χ0v) is 5.37. The smallest absolute Gasteiger partial charge is 0.138 e. The van der Waals surface area contributed by atoms with Gasteiger partial charge in [0.1, 0.15) is 5.75 Å². The second-order valence-corrected chi connectivity index (χ2v) is 2.07. The van der Waals surface area contributed by atoms with Crippen molar-refractivity contribution in [3.8, 4) is 5.75 Å². The Morgan fingerprint density at radius 2 is 2.40 bits per heavy atom. The van der Waals surface area contributed by atoms with E-state index in [0.717, 1.165) is 11.3 Å². The Hall–Kier alpha value is -1.24. The van der Waals surface area contributed by atoms with Crippen LogP contribution >= 0.6 is 0 Å². The van der Waals surface area contributed by atoms with E-state index in [4.69, 9.17) is 4.74 Å². The van der Waals surface area contributed by atoms with Crippen molar-refractivity contribution < 1.29 is 4.74 Å². The highest BCUT2D eigenvalue weighted by molar-refractivity contribution is 5.42. The van der Waals surface area contributed by atoms with E-state index >= 15 is 0 Å². The summed E-state index contributed by atoms with van der Waals surface area (Å²) < 4.78 is 5.16. The van der Waals surface area contributed by atoms with Crippen molar-refractivity contribution in [2.24, 2.45) is 0 Å². The minimum absolute atomic E-state index is 0.810. The molecule has 0 bridgehead atoms. The van der Waals surface area contributed by atoms with Crippen molar-refractivity contribution in [1.82, 2.24) is 0 Å². The monoisotopic (exact) mass is 130 g/mol. The minimum Gasteiger partial charge on any atom is -0.464 e. The van der Waals surface area contributed by atoms with Crippen molar-refractivity contribution in [2.45, 2.75) is 0 Å². The topological polar surface area (TPSA) is 9.23 Å². The first-order chi connectivity index (χ1) is 4.97. The third-order valence-electron chi connectivity index (χ3n) is 1.39. The summed E-state index contributed by atoms with van der Waals surface area (Å²) in [7, 11) is 0. The molecule has 10 heavy (non-hydrogen) atoms. The molecule has 2 radical (unpaired) electrons. The fourth-order valence-corrected chi connectivity index (χ4v) is 0.918. The van der Waals surface area contributed by atoms with Crippen molar-refractivity contribution in [3.05, 3.63) is 48.6 Å². The summed E-state index contributed by atoms with van der Waals surface area (Å²) in [5, 5.41) is 0. The molecule has 0 aromatic heterocycles. The number of rotatable bonds is 0. The van der Waals surface area contributed by atoms with Gasteiger partial charge in [-0.05, 0) is 6.08 Å². The van der Waals surface area contributed by atoms with Gasteiger partial charge in [0.05, 0.1) is 6.26 Å². The fraction of sp³-hybridized carbons (Fsp3) is 0. The highest BCUT2D eigenvalue weighted by Crippen LogP contribution is 2.22. The number of fused-ring (bicyclic) bond motifs is 1. The van der Waals surface area contributed by atoms with Crippen LogP contribution in [0.25, 0.3) is 0 Å². The van der Waals surface area contributed by atoms with Gasteiger partial charge in [-0.25, -0.2) is 0 Å². The Kier molecular flexibility index (Phi) is 1.21. The summed E-state index contributed by atoms with van der Waals surface area (Å²) in [6.07, 6.45) is 5.52. The molecular weight excluding hydrogens is 124 g/mol. The van der Waals surface area contributed by atoms with Crippen LogP contribution in [0.15, 0.2) is 30.5 Å². The molecule has 1 heteroatoms. The van der Waals surface area contributed by atoms with E-state index in [1.807, 2.05) is 30.7 Å². The van der Waals surface area contributed by atoms with Crippen molar-refractivity contribution in [2.75, 3.05) is 0 Å². The van der Waals surface area contributed by atoms with Crippen LogP contribution in [0.4, 0.5) is 0 Å². The van der Waals surface area contributed by atoms with Crippen LogP contribution in [0.3, 0.4) is 0 Å². The maximum atomic E-state index is 5.16. The average molecular weight is 130 g/mol. The van der Waals surface area contributed by atoms with Gasteiger partial charge < -0.3 is 4.74 Å². The van der Waals surface area contributed by atoms with Crippen molar-refractivity contribution in [1.29, 1.82) is 0 Å². The summed E-state index contributed by atoms with van der Waals surface area (Å²) in [5.41, 5.74) is 1.09.